The molecule has 2 N–H and O–H groups in total. The second kappa shape index (κ2) is 5.51. The van der Waals surface area contributed by atoms with Crippen LogP contribution >= 0.6 is 0 Å². The van der Waals surface area contributed by atoms with E-state index >= 15 is 0 Å². The molecule has 1 fully saturated rings. The smallest absolute Gasteiger partial charge is 0.125 e. The molecule has 1 aliphatic rings. The second-order valence-electron chi connectivity index (χ2n) is 5.90. The molecule has 1 heterocycles. The van der Waals surface area contributed by atoms with Gasteiger partial charge in [-0.3, -0.25) is 0 Å². The lowest BCUT2D eigenvalue weighted by molar-refractivity contribution is 0.187. The lowest BCUT2D eigenvalue weighted by Crippen LogP contribution is -2.46. The maximum Gasteiger partial charge on any atom is 0.125 e. The van der Waals surface area contributed by atoms with Gasteiger partial charge in [-0.1, -0.05) is 12.1 Å². The highest BCUT2D eigenvalue weighted by Gasteiger charge is 2.37. The number of likely N-dealkylation sites (tertiary alicyclic amines) is 1. The Labute approximate surface area is 116 Å². The predicted octanol–water partition coefficient (Wildman–Crippen LogP) is 2.23. The number of nitrogens with two attached hydrogens (primary N) is 1. The van der Waals surface area contributed by atoms with Gasteiger partial charge in [0.2, 0.25) is 0 Å². The summed E-state index contributed by atoms with van der Waals surface area (Å²) in [6, 6.07) is 4.33. The van der Waals surface area contributed by atoms with Crippen molar-refractivity contribution >= 4 is 0 Å². The molecule has 0 atom stereocenters. The van der Waals surface area contributed by atoms with Gasteiger partial charge in [-0.05, 0) is 58.0 Å². The number of hydrogen-bond acceptors (Lipinski definition) is 3. The van der Waals surface area contributed by atoms with E-state index in [1.807, 2.05) is 0 Å². The lowest BCUT2D eigenvalue weighted by atomic mass is 9.70. The molecule has 1 aliphatic heterocycles. The lowest BCUT2D eigenvalue weighted by Gasteiger charge is -2.42. The molecule has 106 valence electrons. The van der Waals surface area contributed by atoms with E-state index in [2.05, 4.69) is 37.9 Å². The molecule has 0 radical (unpaired) electrons. The number of hydrogen-bond donors (Lipinski definition) is 1. The van der Waals surface area contributed by atoms with Crippen molar-refractivity contribution < 1.29 is 4.74 Å². The first-order chi connectivity index (χ1) is 9.04. The molecule has 1 saturated heterocycles. The summed E-state index contributed by atoms with van der Waals surface area (Å²) in [7, 11) is 3.95. The summed E-state index contributed by atoms with van der Waals surface area (Å²) in [4.78, 5) is 2.38. The summed E-state index contributed by atoms with van der Waals surface area (Å²) in [5, 5.41) is 0. The molecule has 19 heavy (non-hydrogen) atoms. The number of aryl methyl sites for hydroxylation is 2. The van der Waals surface area contributed by atoms with E-state index in [9.17, 15) is 0 Å². The highest BCUT2D eigenvalue weighted by Crippen LogP contribution is 2.42. The van der Waals surface area contributed by atoms with Crippen LogP contribution in [0.3, 0.4) is 0 Å². The average molecular weight is 262 g/mol. The average Bonchev–Trinajstić information content (AvgIpc) is 2.43. The van der Waals surface area contributed by atoms with Gasteiger partial charge in [-0.15, -0.1) is 0 Å². The van der Waals surface area contributed by atoms with Gasteiger partial charge in [-0.2, -0.15) is 0 Å². The summed E-state index contributed by atoms with van der Waals surface area (Å²) in [6.07, 6.45) is 2.22. The van der Waals surface area contributed by atoms with Gasteiger partial charge in [0.1, 0.15) is 5.75 Å². The Balaban J connectivity index is 2.52. The maximum atomic E-state index is 6.18. The molecule has 2 rings (SSSR count). The topological polar surface area (TPSA) is 38.5 Å². The first-order valence-electron chi connectivity index (χ1n) is 7.07. The molecule has 0 unspecified atom stereocenters. The molecule has 0 bridgehead atoms. The Morgan fingerprint density at radius 1 is 1.21 bits per heavy atom. The first-order valence-corrected chi connectivity index (χ1v) is 7.07. The third-order valence-electron chi connectivity index (χ3n) is 4.63. The van der Waals surface area contributed by atoms with Crippen LogP contribution < -0.4 is 10.5 Å². The summed E-state index contributed by atoms with van der Waals surface area (Å²) in [6.45, 7) is 7.19. The predicted molar refractivity (Wildman–Crippen MR) is 79.9 cm³/mol. The zero-order chi connectivity index (χ0) is 14.0. The van der Waals surface area contributed by atoms with Crippen molar-refractivity contribution in [2.24, 2.45) is 5.73 Å². The van der Waals surface area contributed by atoms with Crippen molar-refractivity contribution in [3.63, 3.8) is 0 Å². The maximum absolute atomic E-state index is 6.18. The van der Waals surface area contributed by atoms with Crippen LogP contribution in [0.4, 0.5) is 0 Å². The van der Waals surface area contributed by atoms with Crippen LogP contribution in [-0.4, -0.2) is 38.7 Å². The number of rotatable bonds is 3. The molecule has 0 amide bonds. The Morgan fingerprint density at radius 3 is 2.32 bits per heavy atom. The quantitative estimate of drug-likeness (QED) is 0.908. The van der Waals surface area contributed by atoms with Crippen LogP contribution in [0.2, 0.25) is 0 Å². The molecule has 3 heteroatoms. The van der Waals surface area contributed by atoms with Crippen LogP contribution in [0.5, 0.6) is 5.75 Å². The minimum absolute atomic E-state index is 0.0773. The summed E-state index contributed by atoms with van der Waals surface area (Å²) in [5.74, 6) is 1.04. The van der Waals surface area contributed by atoms with Crippen LogP contribution in [0.25, 0.3) is 0 Å². The number of piperidine rings is 1. The minimum atomic E-state index is 0.0773. The second-order valence-corrected chi connectivity index (χ2v) is 5.90. The van der Waals surface area contributed by atoms with Crippen molar-refractivity contribution in [3.05, 3.63) is 28.8 Å². The number of nitrogens with zero attached hydrogens (tertiary/aromatic N) is 1. The van der Waals surface area contributed by atoms with E-state index in [0.29, 0.717) is 6.54 Å². The van der Waals surface area contributed by atoms with Crippen molar-refractivity contribution in [2.45, 2.75) is 32.1 Å². The zero-order valence-corrected chi connectivity index (χ0v) is 12.6. The molecule has 0 aromatic heterocycles. The van der Waals surface area contributed by atoms with Gasteiger partial charge in [0, 0.05) is 17.5 Å². The Morgan fingerprint density at radius 2 is 1.79 bits per heavy atom. The molecular formula is C16H26N2O. The van der Waals surface area contributed by atoms with Gasteiger partial charge < -0.3 is 15.4 Å². The van der Waals surface area contributed by atoms with E-state index in [1.54, 1.807) is 7.11 Å². The van der Waals surface area contributed by atoms with Crippen LogP contribution in [0, 0.1) is 13.8 Å². The van der Waals surface area contributed by atoms with Gasteiger partial charge in [0.05, 0.1) is 7.11 Å². The highest BCUT2D eigenvalue weighted by atomic mass is 16.5. The summed E-state index contributed by atoms with van der Waals surface area (Å²) >= 11 is 0. The van der Waals surface area contributed by atoms with E-state index in [1.165, 1.54) is 16.7 Å². The van der Waals surface area contributed by atoms with Crippen LogP contribution in [0.15, 0.2) is 12.1 Å². The van der Waals surface area contributed by atoms with Gasteiger partial charge >= 0.3 is 0 Å². The molecule has 0 saturated carbocycles. The molecular weight excluding hydrogens is 236 g/mol. The van der Waals surface area contributed by atoms with Crippen LogP contribution in [-0.2, 0) is 5.41 Å². The normalized spacial score (nSPS) is 19.4. The molecule has 1 aromatic rings. The van der Waals surface area contributed by atoms with Crippen molar-refractivity contribution in [1.29, 1.82) is 0 Å². The van der Waals surface area contributed by atoms with E-state index in [-0.39, 0.29) is 5.41 Å². The van der Waals surface area contributed by atoms with E-state index < -0.39 is 0 Å². The summed E-state index contributed by atoms with van der Waals surface area (Å²) in [5.41, 5.74) is 10.1. The van der Waals surface area contributed by atoms with Crippen molar-refractivity contribution in [1.82, 2.24) is 4.90 Å². The Bertz CT molecular complexity index is 448. The Kier molecular flexibility index (Phi) is 4.16. The third-order valence-corrected chi connectivity index (χ3v) is 4.63. The molecule has 0 spiro atoms. The number of ether oxygens (including phenoxy) is 1. The van der Waals surface area contributed by atoms with E-state index in [4.69, 9.17) is 10.5 Å². The molecule has 3 nitrogen and oxygen atoms in total. The Hall–Kier alpha value is -1.06. The van der Waals surface area contributed by atoms with Gasteiger partial charge in [0.25, 0.3) is 0 Å². The van der Waals surface area contributed by atoms with Gasteiger partial charge in [-0.25, -0.2) is 0 Å². The first kappa shape index (κ1) is 14.4. The largest absolute Gasteiger partial charge is 0.496 e. The van der Waals surface area contributed by atoms with Crippen molar-refractivity contribution in [3.8, 4) is 5.75 Å². The standard InChI is InChI=1S/C16H26N2O/c1-12-5-6-13(2)15(19-4)14(12)16(11-17)7-9-18(3)10-8-16/h5-6H,7-11,17H2,1-4H3. The molecule has 1 aromatic carbocycles. The minimum Gasteiger partial charge on any atom is -0.496 e. The number of benzene rings is 1. The fraction of sp³-hybridized carbons (Fsp3) is 0.625. The third kappa shape index (κ3) is 2.49. The van der Waals surface area contributed by atoms with Crippen molar-refractivity contribution in [2.75, 3.05) is 33.8 Å². The fourth-order valence-corrected chi connectivity index (χ4v) is 3.31. The zero-order valence-electron chi connectivity index (χ0n) is 12.6. The van der Waals surface area contributed by atoms with Gasteiger partial charge in [0.15, 0.2) is 0 Å². The SMILES string of the molecule is COc1c(C)ccc(C)c1C1(CN)CCN(C)CC1. The monoisotopic (exact) mass is 262 g/mol. The number of methoxy groups -OCH3 is 1. The fourth-order valence-electron chi connectivity index (χ4n) is 3.31. The van der Waals surface area contributed by atoms with E-state index in [0.717, 1.165) is 31.7 Å². The molecule has 0 aliphatic carbocycles. The highest BCUT2D eigenvalue weighted by molar-refractivity contribution is 5.50. The van der Waals surface area contributed by atoms with Crippen LogP contribution in [0.1, 0.15) is 29.5 Å². The summed E-state index contributed by atoms with van der Waals surface area (Å²) < 4.78 is 5.69.